The SMILES string of the molecule is COc1cccc(NCC2(O)CN(C(=O)c3ccc(F)c(F)c3Nc3ccc(I)cc3F)C2)c1. The number of hydrogen-bond donors (Lipinski definition) is 3. The highest BCUT2D eigenvalue weighted by molar-refractivity contribution is 14.1. The first-order valence-electron chi connectivity index (χ1n) is 10.3. The molecule has 0 aliphatic carbocycles. The number of ether oxygens (including phenoxy) is 1. The van der Waals surface area contributed by atoms with Crippen molar-refractivity contribution < 1.29 is 27.8 Å². The van der Waals surface area contributed by atoms with Crippen molar-refractivity contribution in [2.45, 2.75) is 5.60 Å². The summed E-state index contributed by atoms with van der Waals surface area (Å²) in [4.78, 5) is 14.4. The Hall–Kier alpha value is -2.99. The maximum atomic E-state index is 14.6. The Kier molecular flexibility index (Phi) is 6.89. The Morgan fingerprint density at radius 3 is 2.59 bits per heavy atom. The van der Waals surface area contributed by atoms with Crippen LogP contribution in [0.3, 0.4) is 0 Å². The van der Waals surface area contributed by atoms with E-state index >= 15 is 0 Å². The minimum absolute atomic E-state index is 0.0148. The summed E-state index contributed by atoms with van der Waals surface area (Å²) in [6.45, 7) is 0.138. The number of rotatable bonds is 7. The third-order valence-electron chi connectivity index (χ3n) is 5.46. The van der Waals surface area contributed by atoms with Crippen molar-refractivity contribution in [3.63, 3.8) is 0 Å². The topological polar surface area (TPSA) is 73.8 Å². The number of methoxy groups -OCH3 is 1. The molecule has 0 aromatic heterocycles. The maximum absolute atomic E-state index is 14.6. The third kappa shape index (κ3) is 5.07. The van der Waals surface area contributed by atoms with Crippen LogP contribution >= 0.6 is 22.6 Å². The van der Waals surface area contributed by atoms with Crippen LogP contribution in [-0.4, -0.2) is 48.3 Å². The summed E-state index contributed by atoms with van der Waals surface area (Å²) in [6, 6.07) is 13.4. The number of nitrogens with zero attached hydrogens (tertiary/aromatic N) is 1. The van der Waals surface area contributed by atoms with Crippen molar-refractivity contribution in [1.82, 2.24) is 4.90 Å². The minimum Gasteiger partial charge on any atom is -0.497 e. The first kappa shape index (κ1) is 24.1. The molecule has 0 unspecified atom stereocenters. The lowest BCUT2D eigenvalue weighted by Gasteiger charge is -2.46. The van der Waals surface area contributed by atoms with Crippen LogP contribution in [0.4, 0.5) is 30.2 Å². The van der Waals surface area contributed by atoms with Crippen LogP contribution in [0.5, 0.6) is 5.75 Å². The quantitative estimate of drug-likeness (QED) is 0.350. The normalized spacial score (nSPS) is 14.4. The van der Waals surface area contributed by atoms with Gasteiger partial charge in [-0.2, -0.15) is 0 Å². The van der Waals surface area contributed by atoms with Crippen molar-refractivity contribution in [3.8, 4) is 5.75 Å². The Morgan fingerprint density at radius 2 is 1.88 bits per heavy atom. The van der Waals surface area contributed by atoms with Crippen LogP contribution in [0.2, 0.25) is 0 Å². The third-order valence-corrected chi connectivity index (χ3v) is 6.14. The van der Waals surface area contributed by atoms with Gasteiger partial charge in [-0.15, -0.1) is 0 Å². The summed E-state index contributed by atoms with van der Waals surface area (Å²) in [7, 11) is 1.55. The molecule has 1 saturated heterocycles. The van der Waals surface area contributed by atoms with Gasteiger partial charge in [-0.05, 0) is 65.1 Å². The highest BCUT2D eigenvalue weighted by Crippen LogP contribution is 2.32. The zero-order valence-corrected chi connectivity index (χ0v) is 20.2. The minimum atomic E-state index is -1.29. The van der Waals surface area contributed by atoms with Gasteiger partial charge >= 0.3 is 0 Å². The highest BCUT2D eigenvalue weighted by atomic mass is 127. The van der Waals surface area contributed by atoms with E-state index in [9.17, 15) is 23.1 Å². The number of benzene rings is 3. The van der Waals surface area contributed by atoms with E-state index in [2.05, 4.69) is 10.6 Å². The molecule has 0 atom stereocenters. The first-order chi connectivity index (χ1) is 16.2. The van der Waals surface area contributed by atoms with E-state index in [1.165, 1.54) is 17.0 Å². The molecule has 0 spiro atoms. The van der Waals surface area contributed by atoms with Crippen molar-refractivity contribution in [2.24, 2.45) is 0 Å². The number of amides is 1. The predicted molar refractivity (Wildman–Crippen MR) is 131 cm³/mol. The maximum Gasteiger partial charge on any atom is 0.256 e. The van der Waals surface area contributed by atoms with E-state index in [4.69, 9.17) is 4.74 Å². The van der Waals surface area contributed by atoms with Gasteiger partial charge in [0.15, 0.2) is 11.6 Å². The fourth-order valence-corrected chi connectivity index (χ4v) is 4.12. The summed E-state index contributed by atoms with van der Waals surface area (Å²) in [5, 5.41) is 16.4. The molecule has 4 rings (SSSR count). The molecule has 1 heterocycles. The van der Waals surface area contributed by atoms with Crippen LogP contribution in [0.25, 0.3) is 0 Å². The fraction of sp³-hybridized carbons (Fsp3) is 0.208. The molecule has 0 saturated carbocycles. The Balaban J connectivity index is 1.47. The van der Waals surface area contributed by atoms with Gasteiger partial charge in [0.2, 0.25) is 0 Å². The molecule has 34 heavy (non-hydrogen) atoms. The standard InChI is InChI=1S/C24H21F3IN3O3/c1-34-16-4-2-3-15(10-16)29-11-24(33)12-31(13-24)23(32)17-6-7-18(25)21(27)22(17)30-20-8-5-14(28)9-19(20)26/h2-10,29-30,33H,11-13H2,1H3. The lowest BCUT2D eigenvalue weighted by atomic mass is 9.92. The van der Waals surface area contributed by atoms with Gasteiger partial charge in [-0.25, -0.2) is 13.2 Å². The second-order valence-corrected chi connectivity index (χ2v) is 9.25. The van der Waals surface area contributed by atoms with Crippen molar-refractivity contribution in [1.29, 1.82) is 0 Å². The van der Waals surface area contributed by atoms with E-state index in [-0.39, 0.29) is 30.9 Å². The van der Waals surface area contributed by atoms with Gasteiger partial charge in [0.1, 0.15) is 17.2 Å². The number of carbonyl (C=O) groups excluding carboxylic acids is 1. The van der Waals surface area contributed by atoms with Crippen LogP contribution < -0.4 is 15.4 Å². The molecule has 0 radical (unpaired) electrons. The number of aliphatic hydroxyl groups is 1. The number of carbonyl (C=O) groups is 1. The molecule has 1 aliphatic rings. The van der Waals surface area contributed by atoms with Crippen LogP contribution in [-0.2, 0) is 0 Å². The lowest BCUT2D eigenvalue weighted by Crippen LogP contribution is -2.66. The number of hydrogen-bond acceptors (Lipinski definition) is 5. The van der Waals surface area contributed by atoms with Gasteiger partial charge in [0.05, 0.1) is 37.1 Å². The summed E-state index contributed by atoms with van der Waals surface area (Å²) in [5.41, 5.74) is -1.19. The van der Waals surface area contributed by atoms with Crippen LogP contribution in [0, 0.1) is 21.0 Å². The second kappa shape index (κ2) is 9.71. The number of β-amino-alcohol motifs (C(OH)–C–C–N with tert-alkyl or cyclic N) is 1. The van der Waals surface area contributed by atoms with Crippen molar-refractivity contribution in [3.05, 3.63) is 81.2 Å². The zero-order valence-electron chi connectivity index (χ0n) is 18.0. The number of nitrogens with one attached hydrogen (secondary N) is 2. The fourth-order valence-electron chi connectivity index (χ4n) is 3.67. The average molecular weight is 583 g/mol. The molecule has 3 aromatic carbocycles. The first-order valence-corrected chi connectivity index (χ1v) is 11.4. The molecule has 0 bridgehead atoms. The Morgan fingerprint density at radius 1 is 1.12 bits per heavy atom. The zero-order chi connectivity index (χ0) is 24.5. The Labute approximate surface area is 207 Å². The molecule has 10 heteroatoms. The molecule has 3 aromatic rings. The molecule has 1 aliphatic heterocycles. The molecular formula is C24H21F3IN3O3. The monoisotopic (exact) mass is 583 g/mol. The molecule has 3 N–H and O–H groups in total. The molecule has 1 amide bonds. The van der Waals surface area contributed by atoms with E-state index in [0.29, 0.717) is 9.32 Å². The van der Waals surface area contributed by atoms with Gasteiger partial charge in [0.25, 0.3) is 5.91 Å². The average Bonchev–Trinajstić information content (AvgIpc) is 2.80. The Bertz CT molecular complexity index is 1240. The number of likely N-dealkylation sites (tertiary alicyclic amines) is 1. The van der Waals surface area contributed by atoms with E-state index < -0.39 is 34.6 Å². The van der Waals surface area contributed by atoms with Gasteiger partial charge in [-0.1, -0.05) is 6.07 Å². The van der Waals surface area contributed by atoms with Crippen molar-refractivity contribution >= 4 is 45.6 Å². The van der Waals surface area contributed by atoms with Gasteiger partial charge < -0.3 is 25.4 Å². The summed E-state index contributed by atoms with van der Waals surface area (Å²) >= 11 is 1.92. The van der Waals surface area contributed by atoms with Crippen molar-refractivity contribution in [2.75, 3.05) is 37.4 Å². The molecular weight excluding hydrogens is 562 g/mol. The molecule has 6 nitrogen and oxygen atoms in total. The molecule has 1 fully saturated rings. The summed E-state index contributed by atoms with van der Waals surface area (Å²) < 4.78 is 48.6. The van der Waals surface area contributed by atoms with Gasteiger partial charge in [0, 0.05) is 21.9 Å². The second-order valence-electron chi connectivity index (χ2n) is 8.00. The summed E-state index contributed by atoms with van der Waals surface area (Å²) in [6.07, 6.45) is 0. The predicted octanol–water partition coefficient (Wildman–Crippen LogP) is 4.76. The number of anilines is 3. The number of halogens is 4. The lowest BCUT2D eigenvalue weighted by molar-refractivity contribution is -0.0706. The van der Waals surface area contributed by atoms with E-state index in [1.54, 1.807) is 31.4 Å². The van der Waals surface area contributed by atoms with E-state index in [0.717, 1.165) is 17.8 Å². The van der Waals surface area contributed by atoms with Crippen LogP contribution in [0.1, 0.15) is 10.4 Å². The molecule has 178 valence electrons. The largest absolute Gasteiger partial charge is 0.497 e. The van der Waals surface area contributed by atoms with Gasteiger partial charge in [-0.3, -0.25) is 4.79 Å². The van der Waals surface area contributed by atoms with E-state index in [1.807, 2.05) is 28.7 Å². The smallest absolute Gasteiger partial charge is 0.256 e. The summed E-state index contributed by atoms with van der Waals surface area (Å²) in [5.74, 6) is -3.09. The highest BCUT2D eigenvalue weighted by Gasteiger charge is 2.44. The van der Waals surface area contributed by atoms with Crippen LogP contribution in [0.15, 0.2) is 54.6 Å².